The maximum absolute atomic E-state index is 12.5. The van der Waals surface area contributed by atoms with Gasteiger partial charge in [-0.05, 0) is 38.1 Å². The Balaban J connectivity index is 1.75. The average Bonchev–Trinajstić information content (AvgIpc) is 2.99. The van der Waals surface area contributed by atoms with Gasteiger partial charge in [0, 0.05) is 16.1 Å². The number of anilines is 1. The van der Waals surface area contributed by atoms with E-state index in [1.807, 2.05) is 18.2 Å². The van der Waals surface area contributed by atoms with Gasteiger partial charge in [-0.2, -0.15) is 0 Å². The Morgan fingerprint density at radius 2 is 1.96 bits per heavy atom. The first-order valence-corrected chi connectivity index (χ1v) is 8.66. The molecule has 0 saturated heterocycles. The van der Waals surface area contributed by atoms with Crippen LogP contribution in [-0.2, 0) is 6.61 Å². The number of rotatable bonds is 6. The first-order chi connectivity index (χ1) is 13.0. The van der Waals surface area contributed by atoms with E-state index in [1.165, 1.54) is 7.11 Å². The molecule has 6 nitrogen and oxygen atoms in total. The number of amides is 1. The number of carbonyl (C=O) groups is 1. The summed E-state index contributed by atoms with van der Waals surface area (Å²) in [6.45, 7) is 3.79. The monoisotopic (exact) mass is 386 g/mol. The number of benzene rings is 2. The molecule has 0 aliphatic rings. The first-order valence-electron chi connectivity index (χ1n) is 8.28. The van der Waals surface area contributed by atoms with Crippen LogP contribution in [-0.4, -0.2) is 18.2 Å². The van der Waals surface area contributed by atoms with Crippen LogP contribution < -0.4 is 14.8 Å². The lowest BCUT2D eigenvalue weighted by Crippen LogP contribution is -2.13. The molecule has 0 radical (unpaired) electrons. The number of hydrogen-bond donors (Lipinski definition) is 1. The molecule has 0 aliphatic carbocycles. The predicted molar refractivity (Wildman–Crippen MR) is 103 cm³/mol. The van der Waals surface area contributed by atoms with Gasteiger partial charge >= 0.3 is 0 Å². The normalized spacial score (nSPS) is 10.5. The van der Waals surface area contributed by atoms with Crippen LogP contribution in [0, 0.1) is 13.8 Å². The Kier molecular flexibility index (Phi) is 5.66. The molecule has 0 fully saturated rings. The van der Waals surface area contributed by atoms with Crippen LogP contribution in [0.15, 0.2) is 47.0 Å². The highest BCUT2D eigenvalue weighted by molar-refractivity contribution is 6.31. The van der Waals surface area contributed by atoms with E-state index in [0.29, 0.717) is 45.8 Å². The summed E-state index contributed by atoms with van der Waals surface area (Å²) in [5.74, 6) is 1.23. The van der Waals surface area contributed by atoms with Crippen LogP contribution in [0.2, 0.25) is 5.02 Å². The zero-order valence-electron chi connectivity index (χ0n) is 15.2. The fraction of sp³-hybridized carbons (Fsp3) is 0.200. The number of methoxy groups -OCH3 is 1. The third-order valence-corrected chi connectivity index (χ3v) is 4.41. The third-order valence-electron chi connectivity index (χ3n) is 4.04. The molecule has 1 N–H and O–H groups in total. The molecule has 2 aromatic carbocycles. The maximum atomic E-state index is 12.5. The molecule has 1 aromatic heterocycles. The molecule has 3 rings (SSSR count). The molecule has 1 heterocycles. The lowest BCUT2D eigenvalue weighted by molar-refractivity contribution is 0.102. The Morgan fingerprint density at radius 1 is 1.19 bits per heavy atom. The van der Waals surface area contributed by atoms with Crippen LogP contribution in [0.3, 0.4) is 0 Å². The Morgan fingerprint density at radius 3 is 2.63 bits per heavy atom. The molecule has 0 unspecified atom stereocenters. The molecular weight excluding hydrogens is 368 g/mol. The largest absolute Gasteiger partial charge is 0.493 e. The van der Waals surface area contributed by atoms with Crippen molar-refractivity contribution in [3.05, 3.63) is 70.1 Å². The summed E-state index contributed by atoms with van der Waals surface area (Å²) in [7, 11) is 1.52. The highest BCUT2D eigenvalue weighted by Gasteiger charge is 2.16. The number of halogens is 1. The minimum atomic E-state index is -0.291. The predicted octanol–water partition coefficient (Wildman–Crippen LogP) is 4.78. The molecule has 0 saturated carbocycles. The zero-order chi connectivity index (χ0) is 19.4. The van der Waals surface area contributed by atoms with Crippen LogP contribution in [0.4, 0.5) is 5.69 Å². The Bertz CT molecular complexity index is 949. The Labute approximate surface area is 162 Å². The molecular formula is C20H19ClN2O4. The fourth-order valence-electron chi connectivity index (χ4n) is 2.55. The maximum Gasteiger partial charge on any atom is 0.255 e. The van der Waals surface area contributed by atoms with Gasteiger partial charge in [-0.1, -0.05) is 35.0 Å². The van der Waals surface area contributed by atoms with Crippen molar-refractivity contribution < 1.29 is 18.8 Å². The third kappa shape index (κ3) is 4.23. The van der Waals surface area contributed by atoms with E-state index in [2.05, 4.69) is 10.5 Å². The second-order valence-electron chi connectivity index (χ2n) is 5.90. The minimum Gasteiger partial charge on any atom is -0.493 e. The summed E-state index contributed by atoms with van der Waals surface area (Å²) in [5, 5.41) is 7.26. The molecule has 27 heavy (non-hydrogen) atoms. The summed E-state index contributed by atoms with van der Waals surface area (Å²) in [6.07, 6.45) is 0. The SMILES string of the molecule is COc1cc(C(=O)Nc2c(C)noc2C)ccc1OCc1ccccc1Cl. The molecule has 140 valence electrons. The molecule has 0 aliphatic heterocycles. The fourth-order valence-corrected chi connectivity index (χ4v) is 2.74. The zero-order valence-corrected chi connectivity index (χ0v) is 16.0. The number of aromatic nitrogens is 1. The lowest BCUT2D eigenvalue weighted by Gasteiger charge is -2.13. The molecule has 0 spiro atoms. The summed E-state index contributed by atoms with van der Waals surface area (Å²) in [6, 6.07) is 12.4. The van der Waals surface area contributed by atoms with Gasteiger partial charge in [-0.25, -0.2) is 0 Å². The van der Waals surface area contributed by atoms with E-state index in [4.69, 9.17) is 25.6 Å². The van der Waals surface area contributed by atoms with Gasteiger partial charge in [-0.15, -0.1) is 0 Å². The van der Waals surface area contributed by atoms with E-state index < -0.39 is 0 Å². The topological polar surface area (TPSA) is 73.6 Å². The van der Waals surface area contributed by atoms with Crippen molar-refractivity contribution in [2.24, 2.45) is 0 Å². The highest BCUT2D eigenvalue weighted by Crippen LogP contribution is 2.30. The molecule has 3 aromatic rings. The van der Waals surface area contributed by atoms with E-state index in [9.17, 15) is 4.79 Å². The number of nitrogens with zero attached hydrogens (tertiary/aromatic N) is 1. The molecule has 1 amide bonds. The van der Waals surface area contributed by atoms with E-state index >= 15 is 0 Å². The van der Waals surface area contributed by atoms with Crippen LogP contribution in [0.25, 0.3) is 0 Å². The summed E-state index contributed by atoms with van der Waals surface area (Å²) in [5.41, 5.74) is 2.48. The second kappa shape index (κ2) is 8.14. The van der Waals surface area contributed by atoms with Crippen molar-refractivity contribution in [2.45, 2.75) is 20.5 Å². The quantitative estimate of drug-likeness (QED) is 0.659. The van der Waals surface area contributed by atoms with Gasteiger partial charge in [0.1, 0.15) is 18.0 Å². The number of aryl methyl sites for hydroxylation is 2. The van der Waals surface area contributed by atoms with Crippen molar-refractivity contribution in [1.82, 2.24) is 5.16 Å². The van der Waals surface area contributed by atoms with Gasteiger partial charge in [-0.3, -0.25) is 4.79 Å². The number of ether oxygens (including phenoxy) is 2. The lowest BCUT2D eigenvalue weighted by atomic mass is 10.1. The number of carbonyl (C=O) groups excluding carboxylic acids is 1. The van der Waals surface area contributed by atoms with Gasteiger partial charge in [0.25, 0.3) is 5.91 Å². The van der Waals surface area contributed by atoms with Gasteiger partial charge in [0.15, 0.2) is 17.3 Å². The van der Waals surface area contributed by atoms with Crippen LogP contribution >= 0.6 is 11.6 Å². The van der Waals surface area contributed by atoms with Gasteiger partial charge in [0.05, 0.1) is 7.11 Å². The summed E-state index contributed by atoms with van der Waals surface area (Å²) < 4.78 is 16.2. The van der Waals surface area contributed by atoms with Crippen molar-refractivity contribution in [2.75, 3.05) is 12.4 Å². The minimum absolute atomic E-state index is 0.291. The van der Waals surface area contributed by atoms with E-state index in [1.54, 1.807) is 38.1 Å². The van der Waals surface area contributed by atoms with Crippen LogP contribution in [0.1, 0.15) is 27.4 Å². The summed E-state index contributed by atoms with van der Waals surface area (Å²) in [4.78, 5) is 12.5. The standard InChI is InChI=1S/C20H19ClN2O4/c1-12-19(13(2)27-23-12)22-20(24)14-8-9-17(18(10-14)25-3)26-11-15-6-4-5-7-16(15)21/h4-10H,11H2,1-3H3,(H,22,24). The van der Waals surface area contributed by atoms with Crippen molar-refractivity contribution in [3.63, 3.8) is 0 Å². The summed E-state index contributed by atoms with van der Waals surface area (Å²) >= 11 is 6.15. The molecule has 0 bridgehead atoms. The van der Waals surface area contributed by atoms with Crippen molar-refractivity contribution in [1.29, 1.82) is 0 Å². The highest BCUT2D eigenvalue weighted by atomic mass is 35.5. The first kappa shape index (κ1) is 18.8. The molecule has 7 heteroatoms. The van der Waals surface area contributed by atoms with Crippen LogP contribution in [0.5, 0.6) is 11.5 Å². The smallest absolute Gasteiger partial charge is 0.255 e. The van der Waals surface area contributed by atoms with Crippen molar-refractivity contribution in [3.8, 4) is 11.5 Å². The average molecular weight is 387 g/mol. The number of nitrogens with one attached hydrogen (secondary N) is 1. The van der Waals surface area contributed by atoms with E-state index in [-0.39, 0.29) is 5.91 Å². The van der Waals surface area contributed by atoms with Gasteiger partial charge in [0.2, 0.25) is 0 Å². The van der Waals surface area contributed by atoms with Crippen molar-refractivity contribution >= 4 is 23.2 Å². The second-order valence-corrected chi connectivity index (χ2v) is 6.31. The van der Waals surface area contributed by atoms with E-state index in [0.717, 1.165) is 5.56 Å². The Hall–Kier alpha value is -2.99. The van der Waals surface area contributed by atoms with Gasteiger partial charge < -0.3 is 19.3 Å². The number of hydrogen-bond acceptors (Lipinski definition) is 5. The molecule has 0 atom stereocenters.